The molecule has 1 unspecified atom stereocenters. The molecule has 3 nitrogen and oxygen atoms in total. The van der Waals surface area contributed by atoms with Crippen LogP contribution in [0.4, 0.5) is 0 Å². The molecule has 0 aromatic carbocycles. The average molecular weight is 187 g/mol. The van der Waals surface area contributed by atoms with E-state index in [4.69, 9.17) is 0 Å². The SMILES string of the molecule is CCS(=O)(=O)CC1C=CC=CN1. The van der Waals surface area contributed by atoms with E-state index in [0.29, 0.717) is 0 Å². The second kappa shape index (κ2) is 3.76. The zero-order chi connectivity index (χ0) is 9.03. The highest BCUT2D eigenvalue weighted by atomic mass is 32.2. The van der Waals surface area contributed by atoms with Crippen molar-refractivity contribution in [1.82, 2.24) is 5.32 Å². The Bertz CT molecular complexity index is 290. The lowest BCUT2D eigenvalue weighted by Gasteiger charge is -2.14. The van der Waals surface area contributed by atoms with Gasteiger partial charge in [0.15, 0.2) is 9.84 Å². The number of dihydropyridines is 1. The molecule has 0 bridgehead atoms. The van der Waals surface area contributed by atoms with Crippen LogP contribution in [0.25, 0.3) is 0 Å². The van der Waals surface area contributed by atoms with Crippen LogP contribution >= 0.6 is 0 Å². The first-order valence-electron chi connectivity index (χ1n) is 3.94. The van der Waals surface area contributed by atoms with Crippen LogP contribution in [0.3, 0.4) is 0 Å². The van der Waals surface area contributed by atoms with E-state index in [1.54, 1.807) is 13.1 Å². The summed E-state index contributed by atoms with van der Waals surface area (Å²) in [5, 5.41) is 2.96. The third kappa shape index (κ3) is 2.70. The number of nitrogens with one attached hydrogen (secondary N) is 1. The molecule has 1 aliphatic heterocycles. The Hall–Kier alpha value is -0.770. The van der Waals surface area contributed by atoms with Crippen LogP contribution in [-0.2, 0) is 9.84 Å². The van der Waals surface area contributed by atoms with Crippen molar-refractivity contribution in [2.24, 2.45) is 0 Å². The molecule has 0 saturated carbocycles. The average Bonchev–Trinajstić information content (AvgIpc) is 2.06. The second-order valence-corrected chi connectivity index (χ2v) is 5.11. The molecular formula is C8H13NO2S. The molecular weight excluding hydrogens is 174 g/mol. The Labute approximate surface area is 73.1 Å². The number of sulfone groups is 1. The molecule has 1 rings (SSSR count). The van der Waals surface area contributed by atoms with Crippen molar-refractivity contribution in [3.8, 4) is 0 Å². The van der Waals surface area contributed by atoms with Gasteiger partial charge in [0.25, 0.3) is 0 Å². The van der Waals surface area contributed by atoms with Gasteiger partial charge in [-0.25, -0.2) is 8.42 Å². The standard InChI is InChI=1S/C8H13NO2S/c1-2-12(10,11)7-8-5-3-4-6-9-8/h3-6,8-9H,2,7H2,1H3. The van der Waals surface area contributed by atoms with E-state index >= 15 is 0 Å². The summed E-state index contributed by atoms with van der Waals surface area (Å²) in [4.78, 5) is 0. The van der Waals surface area contributed by atoms with Gasteiger partial charge in [0, 0.05) is 5.75 Å². The highest BCUT2D eigenvalue weighted by Crippen LogP contribution is 2.00. The van der Waals surface area contributed by atoms with Crippen LogP contribution in [0.15, 0.2) is 24.4 Å². The molecule has 0 aromatic heterocycles. The summed E-state index contributed by atoms with van der Waals surface area (Å²) >= 11 is 0. The zero-order valence-electron chi connectivity index (χ0n) is 7.03. The van der Waals surface area contributed by atoms with Crippen LogP contribution in [0, 0.1) is 0 Å². The quantitative estimate of drug-likeness (QED) is 0.698. The van der Waals surface area contributed by atoms with Gasteiger partial charge in [-0.1, -0.05) is 19.1 Å². The third-order valence-corrected chi connectivity index (χ3v) is 3.48. The normalized spacial score (nSPS) is 22.2. The van der Waals surface area contributed by atoms with Crippen LogP contribution in [0.2, 0.25) is 0 Å². The maximum absolute atomic E-state index is 11.2. The van der Waals surface area contributed by atoms with Crippen molar-refractivity contribution in [2.75, 3.05) is 11.5 Å². The fraction of sp³-hybridized carbons (Fsp3) is 0.500. The van der Waals surface area contributed by atoms with Gasteiger partial charge in [-0.3, -0.25) is 0 Å². The van der Waals surface area contributed by atoms with Gasteiger partial charge in [0.05, 0.1) is 11.8 Å². The minimum Gasteiger partial charge on any atom is -0.384 e. The highest BCUT2D eigenvalue weighted by molar-refractivity contribution is 7.91. The molecule has 1 atom stereocenters. The monoisotopic (exact) mass is 187 g/mol. The van der Waals surface area contributed by atoms with Gasteiger partial charge in [-0.05, 0) is 12.3 Å². The molecule has 1 N–H and O–H groups in total. The Morgan fingerprint density at radius 2 is 2.17 bits per heavy atom. The number of allylic oxidation sites excluding steroid dienone is 2. The summed E-state index contributed by atoms with van der Waals surface area (Å²) in [5.74, 6) is 0.396. The Balaban J connectivity index is 2.53. The van der Waals surface area contributed by atoms with Crippen molar-refractivity contribution in [1.29, 1.82) is 0 Å². The first kappa shape index (κ1) is 9.32. The van der Waals surface area contributed by atoms with E-state index in [0.717, 1.165) is 0 Å². The van der Waals surface area contributed by atoms with E-state index in [-0.39, 0.29) is 17.5 Å². The van der Waals surface area contributed by atoms with E-state index < -0.39 is 9.84 Å². The Morgan fingerprint density at radius 3 is 2.67 bits per heavy atom. The summed E-state index contributed by atoms with van der Waals surface area (Å²) in [5.41, 5.74) is 0. The summed E-state index contributed by atoms with van der Waals surface area (Å²) in [6, 6.07) is -0.0556. The molecule has 1 aliphatic rings. The van der Waals surface area contributed by atoms with Gasteiger partial charge in [0.2, 0.25) is 0 Å². The summed E-state index contributed by atoms with van der Waals surface area (Å²) in [7, 11) is -2.87. The van der Waals surface area contributed by atoms with Gasteiger partial charge in [-0.15, -0.1) is 0 Å². The third-order valence-electron chi connectivity index (χ3n) is 1.73. The maximum atomic E-state index is 11.2. The van der Waals surface area contributed by atoms with Crippen molar-refractivity contribution in [3.63, 3.8) is 0 Å². The number of hydrogen-bond acceptors (Lipinski definition) is 3. The van der Waals surface area contributed by atoms with Crippen molar-refractivity contribution < 1.29 is 8.42 Å². The molecule has 0 aliphatic carbocycles. The predicted molar refractivity (Wildman–Crippen MR) is 49.5 cm³/mol. The van der Waals surface area contributed by atoms with Crippen LogP contribution in [0.5, 0.6) is 0 Å². The lowest BCUT2D eigenvalue weighted by Crippen LogP contribution is -2.32. The fourth-order valence-electron chi connectivity index (χ4n) is 0.984. The van der Waals surface area contributed by atoms with Gasteiger partial charge in [-0.2, -0.15) is 0 Å². The van der Waals surface area contributed by atoms with E-state index in [1.165, 1.54) is 0 Å². The first-order valence-corrected chi connectivity index (χ1v) is 5.76. The van der Waals surface area contributed by atoms with Gasteiger partial charge < -0.3 is 5.32 Å². The largest absolute Gasteiger partial charge is 0.384 e. The first-order chi connectivity index (χ1) is 5.64. The summed E-state index contributed by atoms with van der Waals surface area (Å²) in [6.45, 7) is 1.66. The topological polar surface area (TPSA) is 46.2 Å². The molecule has 0 spiro atoms. The molecule has 68 valence electrons. The lowest BCUT2D eigenvalue weighted by molar-refractivity contribution is 0.589. The van der Waals surface area contributed by atoms with Gasteiger partial charge >= 0.3 is 0 Å². The molecule has 0 fully saturated rings. The van der Waals surface area contributed by atoms with Gasteiger partial charge in [0.1, 0.15) is 0 Å². The Morgan fingerprint density at radius 1 is 1.42 bits per heavy atom. The molecule has 0 saturated heterocycles. The molecule has 0 radical (unpaired) electrons. The van der Waals surface area contributed by atoms with E-state index in [1.807, 2.05) is 18.2 Å². The minimum atomic E-state index is -2.87. The van der Waals surface area contributed by atoms with E-state index in [9.17, 15) is 8.42 Å². The zero-order valence-corrected chi connectivity index (χ0v) is 7.84. The second-order valence-electron chi connectivity index (χ2n) is 2.72. The lowest BCUT2D eigenvalue weighted by atomic mass is 10.2. The number of hydrogen-bond donors (Lipinski definition) is 1. The molecule has 12 heavy (non-hydrogen) atoms. The van der Waals surface area contributed by atoms with Crippen molar-refractivity contribution in [3.05, 3.63) is 24.4 Å². The van der Waals surface area contributed by atoms with Crippen molar-refractivity contribution >= 4 is 9.84 Å². The molecule has 1 heterocycles. The van der Waals surface area contributed by atoms with Crippen molar-refractivity contribution in [2.45, 2.75) is 13.0 Å². The Kier molecular flexibility index (Phi) is 2.92. The van der Waals surface area contributed by atoms with Crippen LogP contribution < -0.4 is 5.32 Å². The maximum Gasteiger partial charge on any atom is 0.152 e. The molecule has 4 heteroatoms. The highest BCUT2D eigenvalue weighted by Gasteiger charge is 2.14. The molecule has 0 amide bonds. The minimum absolute atomic E-state index is 0.0556. The predicted octanol–water partition coefficient (Wildman–Crippen LogP) is 0.463. The van der Waals surface area contributed by atoms with Crippen LogP contribution in [0.1, 0.15) is 6.92 Å². The molecule has 0 aromatic rings. The van der Waals surface area contributed by atoms with Crippen LogP contribution in [-0.4, -0.2) is 26.0 Å². The number of rotatable bonds is 3. The summed E-state index contributed by atoms with van der Waals surface area (Å²) in [6.07, 6.45) is 7.31. The smallest absolute Gasteiger partial charge is 0.152 e. The van der Waals surface area contributed by atoms with E-state index in [2.05, 4.69) is 5.32 Å². The fourth-order valence-corrected chi connectivity index (χ4v) is 1.97. The summed E-state index contributed by atoms with van der Waals surface area (Å²) < 4.78 is 22.3.